The summed E-state index contributed by atoms with van der Waals surface area (Å²) in [6.07, 6.45) is -3.43. The van der Waals surface area contributed by atoms with Gasteiger partial charge in [0, 0.05) is 24.8 Å². The van der Waals surface area contributed by atoms with Gasteiger partial charge in [-0.05, 0) is 42.9 Å². The van der Waals surface area contributed by atoms with Gasteiger partial charge in [-0.15, -0.1) is 12.4 Å². The van der Waals surface area contributed by atoms with Crippen molar-refractivity contribution >= 4 is 41.1 Å². The number of nitrogens with two attached hydrogens (primary N) is 1. The SMILES string of the molecule is COCc1c(-c2ccc(NC(=O)Nc3cc(C(F)(F)F)ccc3F)c(F)c2)c2c(N)ncnn2c1C1COCCN1C.Cl. The first-order chi connectivity index (χ1) is 20.0. The summed E-state index contributed by atoms with van der Waals surface area (Å²) in [5.41, 5.74) is 6.84. The Morgan fingerprint density at radius 1 is 1.14 bits per heavy atom. The highest BCUT2D eigenvalue weighted by molar-refractivity contribution is 6.00. The van der Waals surface area contributed by atoms with Crippen molar-refractivity contribution in [3.05, 3.63) is 71.2 Å². The Hall–Kier alpha value is -4.05. The summed E-state index contributed by atoms with van der Waals surface area (Å²) in [5, 5.41) is 8.60. The highest BCUT2D eigenvalue weighted by atomic mass is 35.5. The van der Waals surface area contributed by atoms with E-state index >= 15 is 4.39 Å². The van der Waals surface area contributed by atoms with Crippen LogP contribution in [0.15, 0.2) is 42.7 Å². The number of likely N-dealkylation sites (N-methyl/N-ethyl adjacent to an activating group) is 1. The molecule has 1 aliphatic rings. The van der Waals surface area contributed by atoms with E-state index in [1.54, 1.807) is 4.52 Å². The van der Waals surface area contributed by atoms with Gasteiger partial charge in [-0.25, -0.2) is 23.1 Å². The zero-order valence-corrected chi connectivity index (χ0v) is 23.7. The third-order valence-corrected chi connectivity index (χ3v) is 6.94. The number of benzene rings is 2. The van der Waals surface area contributed by atoms with Crippen molar-refractivity contribution in [3.8, 4) is 11.1 Å². The predicted molar refractivity (Wildman–Crippen MR) is 151 cm³/mol. The van der Waals surface area contributed by atoms with Crippen LogP contribution in [0, 0.1) is 11.6 Å². The Balaban J connectivity index is 0.00000423. The van der Waals surface area contributed by atoms with Gasteiger partial charge in [-0.1, -0.05) is 6.07 Å². The van der Waals surface area contributed by atoms with Crippen LogP contribution in [0.4, 0.5) is 43.9 Å². The van der Waals surface area contributed by atoms with E-state index in [9.17, 15) is 22.4 Å². The molecule has 16 heteroatoms. The van der Waals surface area contributed by atoms with E-state index in [1.165, 1.54) is 25.6 Å². The molecule has 43 heavy (non-hydrogen) atoms. The molecule has 0 radical (unpaired) electrons. The van der Waals surface area contributed by atoms with E-state index in [2.05, 4.69) is 20.3 Å². The molecule has 0 bridgehead atoms. The topological polar surface area (TPSA) is 119 Å². The summed E-state index contributed by atoms with van der Waals surface area (Å²) in [5.74, 6) is -1.82. The van der Waals surface area contributed by atoms with E-state index in [0.717, 1.165) is 11.8 Å². The van der Waals surface area contributed by atoms with Crippen LogP contribution in [0.2, 0.25) is 0 Å². The van der Waals surface area contributed by atoms with Crippen LogP contribution in [0.1, 0.15) is 22.9 Å². The zero-order valence-electron chi connectivity index (χ0n) is 22.8. The van der Waals surface area contributed by atoms with Crippen molar-refractivity contribution in [1.82, 2.24) is 19.5 Å². The van der Waals surface area contributed by atoms with Crippen LogP contribution >= 0.6 is 12.4 Å². The van der Waals surface area contributed by atoms with Gasteiger partial charge < -0.3 is 25.8 Å². The van der Waals surface area contributed by atoms with Gasteiger partial charge in [0.1, 0.15) is 23.5 Å². The second-order valence-electron chi connectivity index (χ2n) is 9.61. The van der Waals surface area contributed by atoms with E-state index in [1.807, 2.05) is 12.4 Å². The molecule has 1 unspecified atom stereocenters. The number of halogens is 6. The van der Waals surface area contributed by atoms with Crippen molar-refractivity contribution in [2.75, 3.05) is 50.3 Å². The third kappa shape index (κ3) is 6.34. The van der Waals surface area contributed by atoms with Gasteiger partial charge in [0.15, 0.2) is 5.82 Å². The number of urea groups is 1. The van der Waals surface area contributed by atoms with Gasteiger partial charge in [-0.3, -0.25) is 4.90 Å². The number of fused-ring (bicyclic) bond motifs is 1. The first-order valence-electron chi connectivity index (χ1n) is 12.6. The molecule has 2 amide bonds. The second-order valence-corrected chi connectivity index (χ2v) is 9.61. The zero-order chi connectivity index (χ0) is 30.2. The number of aromatic nitrogens is 3. The number of rotatable bonds is 6. The van der Waals surface area contributed by atoms with Gasteiger partial charge in [-0.2, -0.15) is 18.3 Å². The minimum absolute atomic E-state index is 0. The molecule has 2 aromatic heterocycles. The van der Waals surface area contributed by atoms with Crippen LogP contribution in [-0.4, -0.2) is 59.4 Å². The average molecular weight is 628 g/mol. The number of nitrogens with zero attached hydrogens (tertiary/aromatic N) is 4. The van der Waals surface area contributed by atoms with Gasteiger partial charge in [0.2, 0.25) is 0 Å². The fourth-order valence-corrected chi connectivity index (χ4v) is 4.95. The van der Waals surface area contributed by atoms with E-state index < -0.39 is 35.1 Å². The lowest BCUT2D eigenvalue weighted by Gasteiger charge is -2.32. The maximum absolute atomic E-state index is 15.4. The van der Waals surface area contributed by atoms with Crippen molar-refractivity contribution in [2.24, 2.45) is 0 Å². The average Bonchev–Trinajstić information content (AvgIpc) is 3.26. The Morgan fingerprint density at radius 3 is 2.56 bits per heavy atom. The molecular weight excluding hydrogens is 601 g/mol. The van der Waals surface area contributed by atoms with Crippen LogP contribution in [0.25, 0.3) is 16.6 Å². The summed E-state index contributed by atoms with van der Waals surface area (Å²) in [6.45, 7) is 1.74. The summed E-state index contributed by atoms with van der Waals surface area (Å²) in [6, 6.07) is 4.16. The van der Waals surface area contributed by atoms with Crippen molar-refractivity contribution in [3.63, 3.8) is 0 Å². The molecule has 1 saturated heterocycles. The number of morpholine rings is 1. The number of nitrogen functional groups attached to an aromatic ring is 1. The van der Waals surface area contributed by atoms with E-state index in [4.69, 9.17) is 15.2 Å². The number of carbonyl (C=O) groups is 1. The number of amides is 2. The van der Waals surface area contributed by atoms with E-state index in [-0.39, 0.29) is 36.6 Å². The highest BCUT2D eigenvalue weighted by Crippen LogP contribution is 2.40. The lowest BCUT2D eigenvalue weighted by atomic mass is 9.98. The lowest BCUT2D eigenvalue weighted by Crippen LogP contribution is -2.37. The predicted octanol–water partition coefficient (Wildman–Crippen LogP) is 5.49. The maximum Gasteiger partial charge on any atom is 0.416 e. The summed E-state index contributed by atoms with van der Waals surface area (Å²) >= 11 is 0. The number of nitrogens with one attached hydrogen (secondary N) is 2. The van der Waals surface area contributed by atoms with E-state index in [0.29, 0.717) is 60.2 Å². The first kappa shape index (κ1) is 31.9. The number of alkyl halides is 3. The molecular formula is C27H27ClF5N7O3. The highest BCUT2D eigenvalue weighted by Gasteiger charge is 2.33. The largest absolute Gasteiger partial charge is 0.416 e. The van der Waals surface area contributed by atoms with Crippen molar-refractivity contribution in [1.29, 1.82) is 0 Å². The molecule has 10 nitrogen and oxygen atoms in total. The normalized spacial score (nSPS) is 15.7. The number of anilines is 3. The number of hydrogen-bond donors (Lipinski definition) is 3. The Bertz CT molecular complexity index is 1650. The number of hydrogen-bond acceptors (Lipinski definition) is 7. The quantitative estimate of drug-likeness (QED) is 0.242. The molecule has 4 N–H and O–H groups in total. The first-order valence-corrected chi connectivity index (χ1v) is 12.6. The lowest BCUT2D eigenvalue weighted by molar-refractivity contribution is -0.137. The van der Waals surface area contributed by atoms with Gasteiger partial charge in [0.05, 0.1) is 48.5 Å². The minimum Gasteiger partial charge on any atom is -0.382 e. The molecule has 0 aliphatic carbocycles. The maximum atomic E-state index is 15.4. The summed E-state index contributed by atoms with van der Waals surface area (Å²) in [4.78, 5) is 18.7. The molecule has 1 aliphatic heterocycles. The molecule has 0 spiro atoms. The van der Waals surface area contributed by atoms with Crippen LogP contribution in [0.3, 0.4) is 0 Å². The molecule has 3 heterocycles. The minimum atomic E-state index is -4.75. The van der Waals surface area contributed by atoms with Crippen LogP contribution in [-0.2, 0) is 22.3 Å². The van der Waals surface area contributed by atoms with Crippen LogP contribution in [0.5, 0.6) is 0 Å². The molecule has 1 atom stereocenters. The Kier molecular flexibility index (Phi) is 9.39. The molecule has 4 aromatic rings. The smallest absolute Gasteiger partial charge is 0.382 e. The number of carbonyl (C=O) groups excluding carboxylic acids is 1. The Labute approximate surface area is 248 Å². The van der Waals surface area contributed by atoms with Crippen LogP contribution < -0.4 is 16.4 Å². The van der Waals surface area contributed by atoms with Crippen molar-refractivity contribution in [2.45, 2.75) is 18.8 Å². The van der Waals surface area contributed by atoms with Crippen molar-refractivity contribution < 1.29 is 36.2 Å². The number of ether oxygens (including phenoxy) is 2. The summed E-state index contributed by atoms with van der Waals surface area (Å²) in [7, 11) is 3.47. The number of methoxy groups -OCH3 is 1. The standard InChI is InChI=1S/C27H26F5N7O3.ClH/c1-38-7-8-42-12-21(38)23-16(11-41-2)22(24-25(33)34-13-35-39(23)24)14-3-6-19(18(29)9-14)36-26(40)37-20-10-15(27(30,31)32)4-5-17(20)28;/h3-6,9-10,13,21H,7-8,11-12H2,1-2H3,(H2,33,34,35)(H2,36,37,40);1H. The monoisotopic (exact) mass is 627 g/mol. The fraction of sp³-hybridized carbons (Fsp3) is 0.296. The molecule has 230 valence electrons. The molecule has 0 saturated carbocycles. The molecule has 2 aromatic carbocycles. The third-order valence-electron chi connectivity index (χ3n) is 6.94. The second kappa shape index (κ2) is 12.7. The molecule has 1 fully saturated rings. The fourth-order valence-electron chi connectivity index (χ4n) is 4.95. The van der Waals surface area contributed by atoms with Gasteiger partial charge in [0.25, 0.3) is 0 Å². The molecule has 5 rings (SSSR count). The Morgan fingerprint density at radius 2 is 1.88 bits per heavy atom. The summed E-state index contributed by atoms with van der Waals surface area (Å²) < 4.78 is 81.3. The van der Waals surface area contributed by atoms with Gasteiger partial charge >= 0.3 is 12.2 Å².